The second-order valence-corrected chi connectivity index (χ2v) is 6.95. The zero-order chi connectivity index (χ0) is 12.3. The molecule has 0 amide bonds. The number of carbonyl (C=O) groups is 1. The number of hydrogen-bond acceptors (Lipinski definition) is 4. The van der Waals surface area contributed by atoms with E-state index in [4.69, 9.17) is 5.11 Å². The fourth-order valence-corrected chi connectivity index (χ4v) is 1.68. The number of aliphatic carboxylic acids is 1. The number of carboxylic acids is 1. The topological polar surface area (TPSA) is 83.5 Å². The molecule has 0 aromatic carbocycles. The lowest BCUT2D eigenvalue weighted by atomic mass is 10.1. The van der Waals surface area contributed by atoms with Crippen LogP contribution in [0.4, 0.5) is 0 Å². The lowest BCUT2D eigenvalue weighted by Crippen LogP contribution is -2.48. The Morgan fingerprint density at radius 2 is 1.87 bits per heavy atom. The fourth-order valence-electron chi connectivity index (χ4n) is 0.817. The van der Waals surface area contributed by atoms with E-state index in [0.29, 0.717) is 0 Å². The van der Waals surface area contributed by atoms with Crippen LogP contribution >= 0.6 is 0 Å². The summed E-state index contributed by atoms with van der Waals surface area (Å²) >= 11 is 0. The van der Waals surface area contributed by atoms with Gasteiger partial charge in [-0.15, -0.1) is 0 Å². The molecule has 0 rings (SSSR count). The Bertz CT molecular complexity index is 319. The highest BCUT2D eigenvalue weighted by Gasteiger charge is 2.27. The smallest absolute Gasteiger partial charge is 0.323 e. The van der Waals surface area contributed by atoms with Gasteiger partial charge in [-0.05, 0) is 27.7 Å². The third kappa shape index (κ3) is 4.61. The molecule has 0 spiro atoms. The maximum absolute atomic E-state index is 11.4. The van der Waals surface area contributed by atoms with Crippen molar-refractivity contribution in [3.63, 3.8) is 0 Å². The maximum atomic E-state index is 11.4. The van der Waals surface area contributed by atoms with Gasteiger partial charge in [-0.1, -0.05) is 0 Å². The fraction of sp³-hybridized carbons (Fsp3) is 0.889. The first kappa shape index (κ1) is 14.4. The van der Waals surface area contributed by atoms with Gasteiger partial charge in [-0.3, -0.25) is 4.79 Å². The lowest BCUT2D eigenvalue weighted by Gasteiger charge is -2.21. The molecule has 6 heteroatoms. The summed E-state index contributed by atoms with van der Waals surface area (Å²) < 4.78 is 22.8. The van der Waals surface area contributed by atoms with Crippen molar-refractivity contribution in [3.05, 3.63) is 0 Å². The summed E-state index contributed by atoms with van der Waals surface area (Å²) in [6.07, 6.45) is 0. The number of nitrogens with one attached hydrogen (secondary N) is 1. The highest BCUT2D eigenvalue weighted by Crippen LogP contribution is 2.03. The third-order valence-electron chi connectivity index (χ3n) is 2.21. The van der Waals surface area contributed by atoms with Crippen molar-refractivity contribution in [2.24, 2.45) is 0 Å². The molecule has 90 valence electrons. The van der Waals surface area contributed by atoms with Gasteiger partial charge in [0.25, 0.3) is 0 Å². The van der Waals surface area contributed by atoms with E-state index in [1.54, 1.807) is 13.8 Å². The molecule has 0 heterocycles. The first-order chi connectivity index (χ1) is 6.59. The molecule has 0 fully saturated rings. The van der Waals surface area contributed by atoms with E-state index >= 15 is 0 Å². The average molecular weight is 237 g/mol. The van der Waals surface area contributed by atoms with Crippen LogP contribution in [0.2, 0.25) is 0 Å². The molecule has 0 unspecified atom stereocenters. The van der Waals surface area contributed by atoms with E-state index in [1.165, 1.54) is 13.8 Å². The van der Waals surface area contributed by atoms with E-state index in [0.717, 1.165) is 0 Å². The number of sulfone groups is 1. The van der Waals surface area contributed by atoms with Crippen LogP contribution in [0.3, 0.4) is 0 Å². The van der Waals surface area contributed by atoms with E-state index < -0.39 is 26.6 Å². The molecular weight excluding hydrogens is 218 g/mol. The second-order valence-electron chi connectivity index (χ2n) is 4.27. The third-order valence-corrected chi connectivity index (χ3v) is 4.42. The Kier molecular flexibility index (Phi) is 4.73. The van der Waals surface area contributed by atoms with Gasteiger partial charge in [0, 0.05) is 6.54 Å². The largest absolute Gasteiger partial charge is 0.480 e. The van der Waals surface area contributed by atoms with Gasteiger partial charge in [-0.25, -0.2) is 8.42 Å². The zero-order valence-electron chi connectivity index (χ0n) is 9.57. The molecule has 0 aromatic rings. The van der Waals surface area contributed by atoms with Crippen molar-refractivity contribution in [3.8, 4) is 0 Å². The lowest BCUT2D eigenvalue weighted by molar-refractivity contribution is -0.143. The molecule has 15 heavy (non-hydrogen) atoms. The standard InChI is InChI=1S/C9H19NO4S/c1-7(2)15(13,14)6-5-10-9(3,4)8(11)12/h7,10H,5-6H2,1-4H3,(H,11,12). The molecule has 0 saturated heterocycles. The highest BCUT2D eigenvalue weighted by molar-refractivity contribution is 7.92. The predicted octanol–water partition coefficient (Wildman–Crippen LogP) is 0.262. The van der Waals surface area contributed by atoms with Crippen molar-refractivity contribution in [1.29, 1.82) is 0 Å². The summed E-state index contributed by atoms with van der Waals surface area (Å²) in [4.78, 5) is 10.7. The van der Waals surface area contributed by atoms with Crippen LogP contribution in [0, 0.1) is 0 Å². The van der Waals surface area contributed by atoms with Crippen LogP contribution in [0.5, 0.6) is 0 Å². The normalized spacial score (nSPS) is 13.1. The van der Waals surface area contributed by atoms with Gasteiger partial charge in [0.2, 0.25) is 0 Å². The van der Waals surface area contributed by atoms with Gasteiger partial charge in [0.15, 0.2) is 9.84 Å². The number of carboxylic acid groups (broad SMARTS) is 1. The Hall–Kier alpha value is -0.620. The Morgan fingerprint density at radius 1 is 1.40 bits per heavy atom. The minimum absolute atomic E-state index is 0.0403. The molecule has 5 nitrogen and oxygen atoms in total. The Morgan fingerprint density at radius 3 is 2.20 bits per heavy atom. The summed E-state index contributed by atoms with van der Waals surface area (Å²) in [5.74, 6) is -1.04. The maximum Gasteiger partial charge on any atom is 0.323 e. The van der Waals surface area contributed by atoms with Crippen LogP contribution in [-0.2, 0) is 14.6 Å². The van der Waals surface area contributed by atoms with Crippen LogP contribution in [-0.4, -0.2) is 42.6 Å². The van der Waals surface area contributed by atoms with E-state index in [-0.39, 0.29) is 12.3 Å². The Labute approximate surface area is 90.8 Å². The van der Waals surface area contributed by atoms with Gasteiger partial charge in [-0.2, -0.15) is 0 Å². The van der Waals surface area contributed by atoms with E-state index in [2.05, 4.69) is 5.32 Å². The molecular formula is C9H19NO4S. The van der Waals surface area contributed by atoms with Gasteiger partial charge in [0.1, 0.15) is 5.54 Å². The van der Waals surface area contributed by atoms with Gasteiger partial charge in [0.05, 0.1) is 11.0 Å². The molecule has 0 bridgehead atoms. The molecule has 0 aliphatic carbocycles. The van der Waals surface area contributed by atoms with Crippen LogP contribution in [0.15, 0.2) is 0 Å². The van der Waals surface area contributed by atoms with Crippen molar-refractivity contribution in [2.45, 2.75) is 38.5 Å². The summed E-state index contributed by atoms with van der Waals surface area (Å²) in [6.45, 7) is 6.36. The molecule has 0 aliphatic heterocycles. The monoisotopic (exact) mass is 237 g/mol. The van der Waals surface area contributed by atoms with E-state index in [9.17, 15) is 13.2 Å². The van der Waals surface area contributed by atoms with Gasteiger partial charge >= 0.3 is 5.97 Å². The minimum Gasteiger partial charge on any atom is -0.480 e. The summed E-state index contributed by atoms with van der Waals surface area (Å²) in [6, 6.07) is 0. The predicted molar refractivity (Wildman–Crippen MR) is 58.6 cm³/mol. The average Bonchev–Trinajstić information content (AvgIpc) is 2.02. The van der Waals surface area contributed by atoms with Crippen molar-refractivity contribution >= 4 is 15.8 Å². The molecule has 0 aliphatic rings. The van der Waals surface area contributed by atoms with Gasteiger partial charge < -0.3 is 10.4 Å². The Balaban J connectivity index is 4.17. The number of hydrogen-bond donors (Lipinski definition) is 2. The van der Waals surface area contributed by atoms with Crippen molar-refractivity contribution in [2.75, 3.05) is 12.3 Å². The summed E-state index contributed by atoms with van der Waals surface area (Å²) in [7, 11) is -3.10. The first-order valence-corrected chi connectivity index (χ1v) is 6.51. The molecule has 2 N–H and O–H groups in total. The SMILES string of the molecule is CC(C)S(=O)(=O)CCNC(C)(C)C(=O)O. The van der Waals surface area contributed by atoms with Crippen molar-refractivity contribution in [1.82, 2.24) is 5.32 Å². The van der Waals surface area contributed by atoms with Crippen molar-refractivity contribution < 1.29 is 18.3 Å². The van der Waals surface area contributed by atoms with Crippen LogP contribution < -0.4 is 5.32 Å². The molecule has 0 atom stereocenters. The quantitative estimate of drug-likeness (QED) is 0.692. The summed E-state index contributed by atoms with van der Waals surface area (Å²) in [5.41, 5.74) is -1.09. The van der Waals surface area contributed by atoms with E-state index in [1.807, 2.05) is 0 Å². The molecule has 0 radical (unpaired) electrons. The number of rotatable bonds is 6. The van der Waals surface area contributed by atoms with Crippen LogP contribution in [0.25, 0.3) is 0 Å². The minimum atomic E-state index is -3.10. The zero-order valence-corrected chi connectivity index (χ0v) is 10.4. The second kappa shape index (κ2) is 4.94. The van der Waals surface area contributed by atoms with Crippen LogP contribution in [0.1, 0.15) is 27.7 Å². The highest BCUT2D eigenvalue weighted by atomic mass is 32.2. The molecule has 0 aromatic heterocycles. The summed E-state index contributed by atoms with van der Waals surface area (Å²) in [5, 5.41) is 11.0. The molecule has 0 saturated carbocycles. The first-order valence-electron chi connectivity index (χ1n) is 4.79.